The predicted molar refractivity (Wildman–Crippen MR) is 52.5 cm³/mol. The van der Waals surface area contributed by atoms with Gasteiger partial charge in [-0.2, -0.15) is 0 Å². The van der Waals surface area contributed by atoms with Crippen LogP contribution in [0, 0.1) is 13.8 Å². The molecular formula is C10H12N2O2. The van der Waals surface area contributed by atoms with Crippen LogP contribution in [0.15, 0.2) is 4.42 Å². The maximum absolute atomic E-state index is 10.6. The zero-order valence-corrected chi connectivity index (χ0v) is 8.50. The van der Waals surface area contributed by atoms with Crippen molar-refractivity contribution >= 4 is 17.4 Å². The number of aromatic nitrogens is 2. The minimum atomic E-state index is 0.383. The largest absolute Gasteiger partial charge is 0.433 e. The molecule has 0 fully saturated rings. The number of hydrogen-bond acceptors (Lipinski definition) is 3. The first-order valence-corrected chi connectivity index (χ1v) is 4.60. The Labute approximate surface area is 81.5 Å². The van der Waals surface area contributed by atoms with Gasteiger partial charge in [-0.3, -0.25) is 9.48 Å². The molecule has 0 saturated carbocycles. The van der Waals surface area contributed by atoms with E-state index in [1.165, 1.54) is 0 Å². The van der Waals surface area contributed by atoms with Gasteiger partial charge in [0.15, 0.2) is 12.0 Å². The lowest BCUT2D eigenvalue weighted by Crippen LogP contribution is -1.98. The van der Waals surface area contributed by atoms with Gasteiger partial charge in [0, 0.05) is 17.8 Å². The van der Waals surface area contributed by atoms with Crippen molar-refractivity contribution < 1.29 is 9.21 Å². The Balaban J connectivity index is 2.79. The Morgan fingerprint density at radius 2 is 2.21 bits per heavy atom. The summed E-state index contributed by atoms with van der Waals surface area (Å²) in [5, 5.41) is 5.22. The lowest BCUT2D eigenvalue weighted by Gasteiger charge is -1.97. The predicted octanol–water partition coefficient (Wildman–Crippen LogP) is 2.08. The highest BCUT2D eigenvalue weighted by Gasteiger charge is 2.16. The fourth-order valence-electron chi connectivity index (χ4n) is 1.75. The summed E-state index contributed by atoms with van der Waals surface area (Å²) >= 11 is 0. The minimum Gasteiger partial charge on any atom is -0.433 e. The fraction of sp³-hybridized carbons (Fsp3) is 0.400. The lowest BCUT2D eigenvalue weighted by molar-refractivity contribution is 0.110. The molecule has 0 radical (unpaired) electrons. The van der Waals surface area contributed by atoms with Gasteiger partial charge in [-0.15, -0.1) is 5.10 Å². The summed E-state index contributed by atoms with van der Waals surface area (Å²) in [4.78, 5) is 10.6. The molecule has 0 saturated heterocycles. The first-order valence-electron chi connectivity index (χ1n) is 4.60. The van der Waals surface area contributed by atoms with Crippen LogP contribution >= 0.6 is 0 Å². The number of aldehydes is 1. The van der Waals surface area contributed by atoms with E-state index in [0.29, 0.717) is 11.5 Å². The molecule has 0 spiro atoms. The van der Waals surface area contributed by atoms with Crippen LogP contribution in [0.1, 0.15) is 28.7 Å². The highest BCUT2D eigenvalue weighted by Crippen LogP contribution is 2.26. The normalized spacial score (nSPS) is 11.1. The molecule has 0 amide bonds. The van der Waals surface area contributed by atoms with Crippen LogP contribution in [0.25, 0.3) is 11.1 Å². The van der Waals surface area contributed by atoms with Gasteiger partial charge in [0.05, 0.1) is 5.39 Å². The Hall–Kier alpha value is -1.58. The van der Waals surface area contributed by atoms with E-state index in [-0.39, 0.29) is 0 Å². The molecule has 2 aromatic heterocycles. The number of nitrogens with zero attached hydrogens (tertiary/aromatic N) is 2. The molecule has 0 aromatic carbocycles. The average molecular weight is 192 g/mol. The Morgan fingerprint density at radius 3 is 2.71 bits per heavy atom. The molecule has 14 heavy (non-hydrogen) atoms. The standard InChI is InChI=1S/C10H12N2O2/c1-4-12-7(3)9-6(2)8(5-13)14-10(9)11-12/h5H,4H2,1-3H3. The third kappa shape index (κ3) is 0.999. The van der Waals surface area contributed by atoms with Gasteiger partial charge >= 0.3 is 0 Å². The van der Waals surface area contributed by atoms with Gasteiger partial charge in [-0.1, -0.05) is 0 Å². The lowest BCUT2D eigenvalue weighted by atomic mass is 10.2. The van der Waals surface area contributed by atoms with E-state index in [1.807, 2.05) is 25.5 Å². The Morgan fingerprint density at radius 1 is 1.50 bits per heavy atom. The quantitative estimate of drug-likeness (QED) is 0.684. The fourth-order valence-corrected chi connectivity index (χ4v) is 1.75. The van der Waals surface area contributed by atoms with Crippen molar-refractivity contribution in [3.8, 4) is 0 Å². The second kappa shape index (κ2) is 2.97. The van der Waals surface area contributed by atoms with Crippen molar-refractivity contribution in [2.45, 2.75) is 27.3 Å². The van der Waals surface area contributed by atoms with E-state index in [4.69, 9.17) is 4.42 Å². The van der Waals surface area contributed by atoms with E-state index in [1.54, 1.807) is 0 Å². The molecule has 0 aliphatic rings. The number of hydrogen-bond donors (Lipinski definition) is 0. The zero-order chi connectivity index (χ0) is 10.3. The molecule has 4 nitrogen and oxygen atoms in total. The van der Waals surface area contributed by atoms with E-state index in [2.05, 4.69) is 5.10 Å². The van der Waals surface area contributed by atoms with Gasteiger partial charge in [-0.05, 0) is 20.8 Å². The third-order valence-corrected chi connectivity index (χ3v) is 2.53. The molecule has 2 rings (SSSR count). The number of aryl methyl sites for hydroxylation is 3. The van der Waals surface area contributed by atoms with Crippen LogP contribution in [0.3, 0.4) is 0 Å². The van der Waals surface area contributed by atoms with Crippen molar-refractivity contribution in [3.05, 3.63) is 17.0 Å². The summed E-state index contributed by atoms with van der Waals surface area (Å²) in [5.74, 6) is 0.383. The van der Waals surface area contributed by atoms with Crippen LogP contribution in [0.2, 0.25) is 0 Å². The van der Waals surface area contributed by atoms with Crippen LogP contribution < -0.4 is 0 Å². The second-order valence-electron chi connectivity index (χ2n) is 3.29. The van der Waals surface area contributed by atoms with Crippen LogP contribution in [-0.2, 0) is 6.54 Å². The highest BCUT2D eigenvalue weighted by atomic mass is 16.4. The van der Waals surface area contributed by atoms with Gasteiger partial charge in [-0.25, -0.2) is 0 Å². The molecule has 0 atom stereocenters. The number of fused-ring (bicyclic) bond motifs is 1. The summed E-state index contributed by atoms with van der Waals surface area (Å²) in [6.07, 6.45) is 0.729. The van der Waals surface area contributed by atoms with Crippen molar-refractivity contribution in [1.29, 1.82) is 0 Å². The molecule has 2 heterocycles. The number of carbonyl (C=O) groups excluding carboxylic acids is 1. The third-order valence-electron chi connectivity index (χ3n) is 2.53. The Kier molecular flexibility index (Phi) is 1.91. The van der Waals surface area contributed by atoms with Gasteiger partial charge in [0.1, 0.15) is 0 Å². The summed E-state index contributed by atoms with van der Waals surface area (Å²) in [6.45, 7) is 6.70. The summed E-state index contributed by atoms with van der Waals surface area (Å²) in [6, 6.07) is 0. The molecule has 0 bridgehead atoms. The number of furan rings is 1. The van der Waals surface area contributed by atoms with Gasteiger partial charge < -0.3 is 4.42 Å². The van der Waals surface area contributed by atoms with E-state index < -0.39 is 0 Å². The van der Waals surface area contributed by atoms with Crippen LogP contribution in [0.4, 0.5) is 0 Å². The van der Waals surface area contributed by atoms with E-state index >= 15 is 0 Å². The maximum Gasteiger partial charge on any atom is 0.246 e. The van der Waals surface area contributed by atoms with Crippen molar-refractivity contribution in [2.24, 2.45) is 0 Å². The molecular weight excluding hydrogens is 180 g/mol. The minimum absolute atomic E-state index is 0.383. The molecule has 0 aliphatic carbocycles. The number of rotatable bonds is 2. The Bertz CT molecular complexity index is 494. The van der Waals surface area contributed by atoms with Crippen molar-refractivity contribution in [3.63, 3.8) is 0 Å². The molecule has 0 N–H and O–H groups in total. The van der Waals surface area contributed by atoms with E-state index in [0.717, 1.165) is 29.5 Å². The molecule has 4 heteroatoms. The SMILES string of the molecule is CCn1nc2oc(C=O)c(C)c2c1C. The van der Waals surface area contributed by atoms with Gasteiger partial charge in [0.25, 0.3) is 0 Å². The van der Waals surface area contributed by atoms with E-state index in [9.17, 15) is 4.79 Å². The second-order valence-corrected chi connectivity index (χ2v) is 3.29. The summed E-state index contributed by atoms with van der Waals surface area (Å²) in [5.41, 5.74) is 2.49. The summed E-state index contributed by atoms with van der Waals surface area (Å²) < 4.78 is 7.18. The maximum atomic E-state index is 10.6. The monoisotopic (exact) mass is 192 g/mol. The first kappa shape index (κ1) is 8.99. The first-order chi connectivity index (χ1) is 6.69. The smallest absolute Gasteiger partial charge is 0.246 e. The molecule has 74 valence electrons. The van der Waals surface area contributed by atoms with Crippen molar-refractivity contribution in [2.75, 3.05) is 0 Å². The van der Waals surface area contributed by atoms with Crippen molar-refractivity contribution in [1.82, 2.24) is 9.78 Å². The van der Waals surface area contributed by atoms with Gasteiger partial charge in [0.2, 0.25) is 5.71 Å². The van der Waals surface area contributed by atoms with Crippen LogP contribution in [0.5, 0.6) is 0 Å². The topological polar surface area (TPSA) is 48.0 Å². The number of carbonyl (C=O) groups is 1. The highest BCUT2D eigenvalue weighted by molar-refractivity contribution is 5.89. The molecule has 2 aromatic rings. The summed E-state index contributed by atoms with van der Waals surface area (Å²) in [7, 11) is 0. The molecule has 0 aliphatic heterocycles. The molecule has 0 unspecified atom stereocenters. The zero-order valence-electron chi connectivity index (χ0n) is 8.50. The average Bonchev–Trinajstić information content (AvgIpc) is 2.65. The van der Waals surface area contributed by atoms with Crippen LogP contribution in [-0.4, -0.2) is 16.1 Å².